The van der Waals surface area contributed by atoms with Crippen molar-refractivity contribution in [1.82, 2.24) is 20.3 Å². The van der Waals surface area contributed by atoms with E-state index in [0.29, 0.717) is 35.0 Å². The molecule has 0 fully saturated rings. The summed E-state index contributed by atoms with van der Waals surface area (Å²) in [5, 5.41) is 15.2. The number of aromatic nitrogens is 4. The minimum absolute atomic E-state index is 0.107. The number of carbonyl (C=O) groups excluding carboxylic acids is 1. The first-order chi connectivity index (χ1) is 14.3. The molecule has 4 rings (SSSR count). The molecule has 0 aliphatic carbocycles. The van der Waals surface area contributed by atoms with Gasteiger partial charge in [-0.3, -0.25) is 4.79 Å². The third kappa shape index (κ3) is 5.29. The number of nitrogens with one attached hydrogen (secondary N) is 1. The Hall–Kier alpha value is -3.46. The van der Waals surface area contributed by atoms with E-state index in [1.54, 1.807) is 0 Å². The summed E-state index contributed by atoms with van der Waals surface area (Å²) < 4.78 is 10.8. The average Bonchev–Trinajstić information content (AvgIpc) is 3.42. The number of hydrogen-bond donors (Lipinski definition) is 1. The molecule has 0 aliphatic heterocycles. The van der Waals surface area contributed by atoms with Crippen LogP contribution < -0.4 is 5.32 Å². The summed E-state index contributed by atoms with van der Waals surface area (Å²) in [5.41, 5.74) is 1.62. The number of benzene rings is 2. The van der Waals surface area contributed by atoms with Gasteiger partial charge < -0.3 is 14.3 Å². The van der Waals surface area contributed by atoms with Crippen molar-refractivity contribution in [3.63, 3.8) is 0 Å². The second-order valence-electron chi connectivity index (χ2n) is 6.05. The van der Waals surface area contributed by atoms with Gasteiger partial charge >= 0.3 is 0 Å². The highest BCUT2D eigenvalue weighted by Crippen LogP contribution is 2.24. The molecule has 2 aromatic carbocycles. The van der Waals surface area contributed by atoms with Crippen LogP contribution in [0.4, 0.5) is 5.69 Å². The van der Waals surface area contributed by atoms with Crippen LogP contribution in [0.25, 0.3) is 11.5 Å². The molecule has 0 bridgehead atoms. The Morgan fingerprint density at radius 3 is 2.55 bits per heavy atom. The standard InChI is InChI=1S/C20H17N5O3S/c26-17(21-15-9-5-2-6-10-15)11-12-18-22-16(25-28-18)13-29-20-24-23-19(27-20)14-7-3-1-4-8-14/h1-10H,11-13H2,(H,21,26). The van der Waals surface area contributed by atoms with Crippen LogP contribution in [0.1, 0.15) is 18.1 Å². The van der Waals surface area contributed by atoms with Crippen LogP contribution >= 0.6 is 11.8 Å². The Labute approximate surface area is 170 Å². The van der Waals surface area contributed by atoms with Crippen LogP contribution in [0.2, 0.25) is 0 Å². The van der Waals surface area contributed by atoms with E-state index in [4.69, 9.17) is 8.94 Å². The van der Waals surface area contributed by atoms with E-state index in [9.17, 15) is 4.79 Å². The van der Waals surface area contributed by atoms with E-state index in [1.807, 2.05) is 60.7 Å². The molecule has 0 saturated carbocycles. The smallest absolute Gasteiger partial charge is 0.277 e. The summed E-state index contributed by atoms with van der Waals surface area (Å²) in [6.45, 7) is 0. The van der Waals surface area contributed by atoms with Crippen molar-refractivity contribution < 1.29 is 13.7 Å². The maximum Gasteiger partial charge on any atom is 0.277 e. The molecule has 9 heteroatoms. The van der Waals surface area contributed by atoms with E-state index in [1.165, 1.54) is 11.8 Å². The van der Waals surface area contributed by atoms with Gasteiger partial charge in [0.1, 0.15) is 0 Å². The molecule has 0 saturated heterocycles. The lowest BCUT2D eigenvalue weighted by Gasteiger charge is -2.02. The molecular weight excluding hydrogens is 390 g/mol. The predicted octanol–water partition coefficient (Wildman–Crippen LogP) is 3.98. The molecule has 1 N–H and O–H groups in total. The largest absolute Gasteiger partial charge is 0.411 e. The number of para-hydroxylation sites is 1. The molecule has 4 aromatic rings. The maximum absolute atomic E-state index is 12.0. The Balaban J connectivity index is 1.25. The van der Waals surface area contributed by atoms with Gasteiger partial charge in [0.05, 0.1) is 5.75 Å². The van der Waals surface area contributed by atoms with Gasteiger partial charge in [-0.05, 0) is 24.3 Å². The molecule has 1 amide bonds. The summed E-state index contributed by atoms with van der Waals surface area (Å²) in [6, 6.07) is 18.8. The monoisotopic (exact) mass is 407 g/mol. The summed E-state index contributed by atoms with van der Waals surface area (Å²) in [7, 11) is 0. The molecule has 146 valence electrons. The summed E-state index contributed by atoms with van der Waals surface area (Å²) in [4.78, 5) is 16.3. The number of aryl methyl sites for hydroxylation is 1. The normalized spacial score (nSPS) is 10.8. The molecule has 29 heavy (non-hydrogen) atoms. The highest BCUT2D eigenvalue weighted by molar-refractivity contribution is 7.98. The highest BCUT2D eigenvalue weighted by atomic mass is 32.2. The van der Waals surface area contributed by atoms with E-state index >= 15 is 0 Å². The molecule has 0 spiro atoms. The summed E-state index contributed by atoms with van der Waals surface area (Å²) >= 11 is 1.32. The van der Waals surface area contributed by atoms with Gasteiger partial charge in [0, 0.05) is 24.1 Å². The SMILES string of the molecule is O=C(CCc1nc(CSc2nnc(-c3ccccc3)o2)no1)Nc1ccccc1. The molecule has 8 nitrogen and oxygen atoms in total. The fourth-order valence-corrected chi connectivity index (χ4v) is 3.11. The number of hydrogen-bond acceptors (Lipinski definition) is 8. The zero-order valence-corrected chi connectivity index (χ0v) is 16.1. The average molecular weight is 407 g/mol. The second-order valence-corrected chi connectivity index (χ2v) is 6.97. The Morgan fingerprint density at radius 1 is 1.00 bits per heavy atom. The third-order valence-electron chi connectivity index (χ3n) is 3.89. The summed E-state index contributed by atoms with van der Waals surface area (Å²) in [5.74, 6) is 1.71. The minimum atomic E-state index is -0.107. The van der Waals surface area contributed by atoms with Crippen molar-refractivity contribution >= 4 is 23.4 Å². The Kier molecular flexibility index (Phi) is 5.96. The van der Waals surface area contributed by atoms with Crippen LogP contribution in [-0.2, 0) is 17.0 Å². The number of rotatable bonds is 8. The number of thioether (sulfide) groups is 1. The van der Waals surface area contributed by atoms with Gasteiger partial charge in [-0.25, -0.2) is 0 Å². The minimum Gasteiger partial charge on any atom is -0.411 e. The molecular formula is C20H17N5O3S. The molecule has 0 unspecified atom stereocenters. The molecule has 0 atom stereocenters. The Morgan fingerprint density at radius 2 is 1.76 bits per heavy atom. The number of carbonyl (C=O) groups is 1. The van der Waals surface area contributed by atoms with E-state index in [-0.39, 0.29) is 12.3 Å². The van der Waals surface area contributed by atoms with Crippen LogP contribution in [0.5, 0.6) is 0 Å². The first-order valence-electron chi connectivity index (χ1n) is 8.94. The van der Waals surface area contributed by atoms with Gasteiger partial charge in [0.15, 0.2) is 5.82 Å². The fraction of sp³-hybridized carbons (Fsp3) is 0.150. The summed E-state index contributed by atoms with van der Waals surface area (Å²) in [6.07, 6.45) is 0.628. The molecule has 2 aromatic heterocycles. The first kappa shape index (κ1) is 18.9. The lowest BCUT2D eigenvalue weighted by Crippen LogP contribution is -2.12. The van der Waals surface area contributed by atoms with E-state index in [2.05, 4.69) is 25.7 Å². The maximum atomic E-state index is 12.0. The van der Waals surface area contributed by atoms with Crippen LogP contribution in [0.3, 0.4) is 0 Å². The van der Waals surface area contributed by atoms with Crippen molar-refractivity contribution in [2.24, 2.45) is 0 Å². The third-order valence-corrected chi connectivity index (χ3v) is 4.70. The van der Waals surface area contributed by atoms with E-state index in [0.717, 1.165) is 11.3 Å². The van der Waals surface area contributed by atoms with Crippen molar-refractivity contribution in [2.75, 3.05) is 5.32 Å². The van der Waals surface area contributed by atoms with Crippen LogP contribution in [-0.4, -0.2) is 26.2 Å². The highest BCUT2D eigenvalue weighted by Gasteiger charge is 2.13. The lowest BCUT2D eigenvalue weighted by molar-refractivity contribution is -0.116. The first-order valence-corrected chi connectivity index (χ1v) is 9.93. The zero-order valence-electron chi connectivity index (χ0n) is 15.3. The number of amides is 1. The molecule has 0 radical (unpaired) electrons. The van der Waals surface area contributed by atoms with Gasteiger partial charge in [0.25, 0.3) is 5.22 Å². The molecule has 0 aliphatic rings. The van der Waals surface area contributed by atoms with Crippen LogP contribution in [0, 0.1) is 0 Å². The Bertz CT molecular complexity index is 1070. The van der Waals surface area contributed by atoms with Crippen molar-refractivity contribution in [3.05, 3.63) is 72.4 Å². The quantitative estimate of drug-likeness (QED) is 0.437. The van der Waals surface area contributed by atoms with Crippen LogP contribution in [0.15, 0.2) is 74.8 Å². The van der Waals surface area contributed by atoms with Gasteiger partial charge in [0.2, 0.25) is 17.7 Å². The van der Waals surface area contributed by atoms with Crippen molar-refractivity contribution in [1.29, 1.82) is 0 Å². The van der Waals surface area contributed by atoms with Gasteiger partial charge in [-0.2, -0.15) is 4.98 Å². The van der Waals surface area contributed by atoms with Gasteiger partial charge in [-0.1, -0.05) is 53.3 Å². The predicted molar refractivity (Wildman–Crippen MR) is 107 cm³/mol. The van der Waals surface area contributed by atoms with Crippen molar-refractivity contribution in [3.8, 4) is 11.5 Å². The number of anilines is 1. The number of nitrogens with zero attached hydrogens (tertiary/aromatic N) is 4. The van der Waals surface area contributed by atoms with Gasteiger partial charge in [-0.15, -0.1) is 10.2 Å². The lowest BCUT2D eigenvalue weighted by atomic mass is 10.2. The zero-order chi connectivity index (χ0) is 19.9. The van der Waals surface area contributed by atoms with Crippen molar-refractivity contribution in [2.45, 2.75) is 23.8 Å². The topological polar surface area (TPSA) is 107 Å². The molecule has 2 heterocycles. The second kappa shape index (κ2) is 9.16. The van der Waals surface area contributed by atoms with E-state index < -0.39 is 0 Å². The fourth-order valence-electron chi connectivity index (χ4n) is 2.51.